The fraction of sp³-hybridized carbons (Fsp3) is 0.231. The van der Waals surface area contributed by atoms with E-state index in [-0.39, 0.29) is 12.6 Å². The molecule has 2 aromatic rings. The molecule has 0 fully saturated rings. The predicted molar refractivity (Wildman–Crippen MR) is 62.1 cm³/mol. The first kappa shape index (κ1) is 8.74. The number of benzene rings is 2. The van der Waals surface area contributed by atoms with Crippen LogP contribution in [0.15, 0.2) is 36.4 Å². The van der Waals surface area contributed by atoms with Crippen molar-refractivity contribution in [3.63, 3.8) is 0 Å². The Bertz CT molecular complexity index is 507. The molecule has 1 unspecified atom stereocenters. The van der Waals surface area contributed by atoms with Crippen molar-refractivity contribution >= 4 is 16.5 Å². The Morgan fingerprint density at radius 2 is 2.07 bits per heavy atom. The first-order chi connectivity index (χ1) is 7.38. The van der Waals surface area contributed by atoms with E-state index in [0.717, 1.165) is 6.42 Å². The summed E-state index contributed by atoms with van der Waals surface area (Å²) in [5, 5.41) is 15.0. The average molecular weight is 199 g/mol. The van der Waals surface area contributed by atoms with E-state index in [1.807, 2.05) is 6.07 Å². The lowest BCUT2D eigenvalue weighted by molar-refractivity contribution is 0.277. The third kappa shape index (κ3) is 1.29. The number of hydrogen-bond acceptors (Lipinski definition) is 2. The van der Waals surface area contributed by atoms with Gasteiger partial charge in [-0.25, -0.2) is 0 Å². The monoisotopic (exact) mass is 199 g/mol. The van der Waals surface area contributed by atoms with Crippen molar-refractivity contribution in [2.45, 2.75) is 12.5 Å². The van der Waals surface area contributed by atoms with Crippen molar-refractivity contribution in [1.29, 1.82) is 0 Å². The lowest BCUT2D eigenvalue weighted by Gasteiger charge is -2.08. The van der Waals surface area contributed by atoms with Crippen LogP contribution in [-0.2, 0) is 6.42 Å². The summed E-state index contributed by atoms with van der Waals surface area (Å²) in [6, 6.07) is 12.8. The largest absolute Gasteiger partial charge is 0.394 e. The maximum absolute atomic E-state index is 9.15. The Morgan fingerprint density at radius 1 is 1.20 bits per heavy atom. The first-order valence-corrected chi connectivity index (χ1v) is 5.26. The lowest BCUT2D eigenvalue weighted by Crippen LogP contribution is -2.19. The topological polar surface area (TPSA) is 32.3 Å². The minimum absolute atomic E-state index is 0.186. The Balaban J connectivity index is 2.20. The third-order valence-electron chi connectivity index (χ3n) is 3.05. The zero-order valence-corrected chi connectivity index (χ0v) is 8.40. The van der Waals surface area contributed by atoms with E-state index in [0.29, 0.717) is 0 Å². The van der Waals surface area contributed by atoms with Gasteiger partial charge >= 0.3 is 0 Å². The summed E-state index contributed by atoms with van der Waals surface area (Å²) in [6.07, 6.45) is 0.927. The summed E-state index contributed by atoms with van der Waals surface area (Å²) in [6.45, 7) is 0.197. The van der Waals surface area contributed by atoms with Gasteiger partial charge in [0.2, 0.25) is 0 Å². The summed E-state index contributed by atoms with van der Waals surface area (Å²) in [5.41, 5.74) is 2.51. The molecule has 1 aliphatic heterocycles. The molecule has 1 atom stereocenters. The summed E-state index contributed by atoms with van der Waals surface area (Å²) in [7, 11) is 0. The quantitative estimate of drug-likeness (QED) is 0.737. The van der Waals surface area contributed by atoms with Crippen LogP contribution in [-0.4, -0.2) is 17.8 Å². The maximum atomic E-state index is 9.15. The standard InChI is InChI=1S/C13H13NO/c15-8-11-7-10-6-5-9-3-1-2-4-12(9)13(10)14-11/h1-6,11,14-15H,7-8H2. The number of aliphatic hydroxyl groups is 1. The van der Waals surface area contributed by atoms with Crippen LogP contribution in [0.5, 0.6) is 0 Å². The molecule has 0 saturated carbocycles. The molecule has 15 heavy (non-hydrogen) atoms. The fourth-order valence-electron chi connectivity index (χ4n) is 2.29. The molecule has 0 amide bonds. The molecule has 0 bridgehead atoms. The molecule has 3 rings (SSSR count). The molecule has 2 heteroatoms. The minimum Gasteiger partial charge on any atom is -0.394 e. The number of nitrogens with one attached hydrogen (secondary N) is 1. The second-order valence-corrected chi connectivity index (χ2v) is 4.05. The van der Waals surface area contributed by atoms with Crippen molar-refractivity contribution in [3.8, 4) is 0 Å². The molecule has 2 nitrogen and oxygen atoms in total. The molecule has 0 saturated heterocycles. The fourth-order valence-corrected chi connectivity index (χ4v) is 2.29. The summed E-state index contributed by atoms with van der Waals surface area (Å²) in [4.78, 5) is 0. The van der Waals surface area contributed by atoms with Crippen molar-refractivity contribution < 1.29 is 5.11 Å². The van der Waals surface area contributed by atoms with Crippen LogP contribution >= 0.6 is 0 Å². The summed E-state index contributed by atoms with van der Waals surface area (Å²) in [5.74, 6) is 0. The average Bonchev–Trinajstić information content (AvgIpc) is 2.72. The molecule has 0 spiro atoms. The van der Waals surface area contributed by atoms with Gasteiger partial charge in [-0.1, -0.05) is 36.4 Å². The molecule has 1 aliphatic rings. The molecule has 2 N–H and O–H groups in total. The number of hydrogen-bond donors (Lipinski definition) is 2. The second-order valence-electron chi connectivity index (χ2n) is 4.05. The number of anilines is 1. The van der Waals surface area contributed by atoms with E-state index in [9.17, 15) is 0 Å². The van der Waals surface area contributed by atoms with Gasteiger partial charge in [-0.05, 0) is 17.4 Å². The molecule has 0 radical (unpaired) electrons. The number of fused-ring (bicyclic) bond motifs is 3. The van der Waals surface area contributed by atoms with Gasteiger partial charge in [0.1, 0.15) is 0 Å². The van der Waals surface area contributed by atoms with Gasteiger partial charge in [0.05, 0.1) is 12.6 Å². The van der Waals surface area contributed by atoms with Gasteiger partial charge in [0, 0.05) is 11.1 Å². The molecule has 1 heterocycles. The molecular formula is C13H13NO. The highest BCUT2D eigenvalue weighted by Gasteiger charge is 2.20. The van der Waals surface area contributed by atoms with Crippen molar-refractivity contribution in [1.82, 2.24) is 0 Å². The van der Waals surface area contributed by atoms with E-state index < -0.39 is 0 Å². The predicted octanol–water partition coefficient (Wildman–Crippen LogP) is 2.17. The van der Waals surface area contributed by atoms with Gasteiger partial charge in [-0.2, -0.15) is 0 Å². The van der Waals surface area contributed by atoms with Crippen LogP contribution in [0.2, 0.25) is 0 Å². The van der Waals surface area contributed by atoms with Crippen LogP contribution in [0.4, 0.5) is 5.69 Å². The number of rotatable bonds is 1. The van der Waals surface area contributed by atoms with E-state index in [2.05, 4.69) is 35.6 Å². The van der Waals surface area contributed by atoms with Gasteiger partial charge in [-0.3, -0.25) is 0 Å². The van der Waals surface area contributed by atoms with Crippen LogP contribution in [0.1, 0.15) is 5.56 Å². The van der Waals surface area contributed by atoms with Crippen molar-refractivity contribution in [3.05, 3.63) is 42.0 Å². The van der Waals surface area contributed by atoms with Crippen LogP contribution in [0.25, 0.3) is 10.8 Å². The van der Waals surface area contributed by atoms with E-state index in [4.69, 9.17) is 5.11 Å². The Morgan fingerprint density at radius 3 is 2.93 bits per heavy atom. The van der Waals surface area contributed by atoms with E-state index in [1.54, 1.807) is 0 Å². The van der Waals surface area contributed by atoms with Gasteiger partial charge in [-0.15, -0.1) is 0 Å². The lowest BCUT2D eigenvalue weighted by atomic mass is 10.0. The maximum Gasteiger partial charge on any atom is 0.0636 e. The van der Waals surface area contributed by atoms with Gasteiger partial charge < -0.3 is 10.4 Å². The van der Waals surface area contributed by atoms with Crippen LogP contribution in [0, 0.1) is 0 Å². The Kier molecular flexibility index (Phi) is 1.89. The van der Waals surface area contributed by atoms with Gasteiger partial charge in [0.25, 0.3) is 0 Å². The zero-order chi connectivity index (χ0) is 10.3. The number of aliphatic hydroxyl groups excluding tert-OH is 1. The zero-order valence-electron chi connectivity index (χ0n) is 8.40. The van der Waals surface area contributed by atoms with Crippen molar-refractivity contribution in [2.24, 2.45) is 0 Å². The Labute approximate surface area is 88.5 Å². The molecule has 76 valence electrons. The molecule has 2 aromatic carbocycles. The van der Waals surface area contributed by atoms with Crippen LogP contribution in [0.3, 0.4) is 0 Å². The highest BCUT2D eigenvalue weighted by atomic mass is 16.3. The van der Waals surface area contributed by atoms with Gasteiger partial charge in [0.15, 0.2) is 0 Å². The SMILES string of the molecule is OCC1Cc2ccc3ccccc3c2N1. The Hall–Kier alpha value is -1.54. The first-order valence-electron chi connectivity index (χ1n) is 5.26. The minimum atomic E-state index is 0.186. The van der Waals surface area contributed by atoms with E-state index >= 15 is 0 Å². The third-order valence-corrected chi connectivity index (χ3v) is 3.05. The van der Waals surface area contributed by atoms with Crippen molar-refractivity contribution in [2.75, 3.05) is 11.9 Å². The highest BCUT2D eigenvalue weighted by Crippen LogP contribution is 2.33. The normalized spacial score (nSPS) is 18.9. The summed E-state index contributed by atoms with van der Waals surface area (Å²) >= 11 is 0. The molecule has 0 aliphatic carbocycles. The molecular weight excluding hydrogens is 186 g/mol. The smallest absolute Gasteiger partial charge is 0.0636 e. The van der Waals surface area contributed by atoms with Crippen LogP contribution < -0.4 is 5.32 Å². The molecule has 0 aromatic heterocycles. The summed E-state index contributed by atoms with van der Waals surface area (Å²) < 4.78 is 0. The second kappa shape index (κ2) is 3.24. The highest BCUT2D eigenvalue weighted by molar-refractivity contribution is 5.96. The van der Waals surface area contributed by atoms with E-state index in [1.165, 1.54) is 22.0 Å².